The van der Waals surface area contributed by atoms with Crippen LogP contribution in [0, 0.1) is 5.92 Å². The largest absolute Gasteiger partial charge is 0.393 e. The lowest BCUT2D eigenvalue weighted by Gasteiger charge is -2.16. The molecule has 0 saturated carbocycles. The van der Waals surface area contributed by atoms with Gasteiger partial charge >= 0.3 is 0 Å². The third-order valence-corrected chi connectivity index (χ3v) is 1.38. The fraction of sp³-hybridized carbons (Fsp3) is 1.00. The van der Waals surface area contributed by atoms with Crippen LogP contribution in [0.25, 0.3) is 0 Å². The maximum atomic E-state index is 9.12. The van der Waals surface area contributed by atoms with E-state index in [0.29, 0.717) is 0 Å². The van der Waals surface area contributed by atoms with E-state index in [9.17, 15) is 0 Å². The SMILES string of the molecule is CC(C)C(O)CC(O)NO. The second kappa shape index (κ2) is 4.62. The first-order valence-electron chi connectivity index (χ1n) is 3.33. The van der Waals surface area contributed by atoms with E-state index < -0.39 is 12.3 Å². The molecular formula is C6H15NO3. The third kappa shape index (κ3) is 3.79. The molecule has 0 rings (SSSR count). The Labute approximate surface area is 60.5 Å². The maximum absolute atomic E-state index is 9.12. The van der Waals surface area contributed by atoms with Crippen LogP contribution < -0.4 is 5.48 Å². The Morgan fingerprint density at radius 2 is 1.80 bits per heavy atom. The van der Waals surface area contributed by atoms with Crippen LogP contribution in [-0.2, 0) is 0 Å². The first kappa shape index (κ1) is 9.84. The van der Waals surface area contributed by atoms with Gasteiger partial charge in [-0.1, -0.05) is 13.8 Å². The number of hydrogen-bond acceptors (Lipinski definition) is 4. The van der Waals surface area contributed by atoms with Gasteiger partial charge in [0.1, 0.15) is 6.23 Å². The van der Waals surface area contributed by atoms with Crippen molar-refractivity contribution in [3.05, 3.63) is 0 Å². The van der Waals surface area contributed by atoms with E-state index in [2.05, 4.69) is 0 Å². The van der Waals surface area contributed by atoms with E-state index in [1.807, 2.05) is 13.8 Å². The summed E-state index contributed by atoms with van der Waals surface area (Å²) < 4.78 is 0. The lowest BCUT2D eigenvalue weighted by atomic mass is 10.0. The summed E-state index contributed by atoms with van der Waals surface area (Å²) in [5.74, 6) is 0.1000. The van der Waals surface area contributed by atoms with Gasteiger partial charge in [-0.25, -0.2) is 0 Å². The molecule has 0 bridgehead atoms. The maximum Gasteiger partial charge on any atom is 0.129 e. The van der Waals surface area contributed by atoms with Gasteiger partial charge in [-0.05, 0) is 5.92 Å². The number of hydroxylamine groups is 1. The highest BCUT2D eigenvalue weighted by molar-refractivity contribution is 4.62. The molecule has 4 nitrogen and oxygen atoms in total. The van der Waals surface area contributed by atoms with Crippen molar-refractivity contribution in [2.24, 2.45) is 5.92 Å². The summed E-state index contributed by atoms with van der Waals surface area (Å²) in [4.78, 5) is 0. The molecule has 0 aliphatic carbocycles. The van der Waals surface area contributed by atoms with E-state index in [4.69, 9.17) is 15.4 Å². The first-order chi connectivity index (χ1) is 4.57. The standard InChI is InChI=1S/C6H15NO3/c1-4(2)5(8)3-6(9)7-10/h4-10H,3H2,1-2H3. The highest BCUT2D eigenvalue weighted by atomic mass is 16.5. The quantitative estimate of drug-likeness (QED) is 0.327. The Bertz CT molecular complexity index is 87.1. The third-order valence-electron chi connectivity index (χ3n) is 1.38. The van der Waals surface area contributed by atoms with Gasteiger partial charge in [0.15, 0.2) is 0 Å². The molecular weight excluding hydrogens is 134 g/mol. The zero-order valence-electron chi connectivity index (χ0n) is 6.28. The molecule has 0 amide bonds. The number of nitrogens with one attached hydrogen (secondary N) is 1. The Morgan fingerprint density at radius 3 is 2.10 bits per heavy atom. The molecule has 0 aromatic heterocycles. The minimum Gasteiger partial charge on any atom is -0.393 e. The molecule has 2 atom stereocenters. The van der Waals surface area contributed by atoms with Crippen molar-refractivity contribution in [2.45, 2.75) is 32.6 Å². The molecule has 2 unspecified atom stereocenters. The molecule has 0 heterocycles. The summed E-state index contributed by atoms with van der Waals surface area (Å²) in [5, 5.41) is 26.0. The summed E-state index contributed by atoms with van der Waals surface area (Å²) in [5.41, 5.74) is 1.65. The summed E-state index contributed by atoms with van der Waals surface area (Å²) in [7, 11) is 0. The molecule has 10 heavy (non-hydrogen) atoms. The van der Waals surface area contributed by atoms with Crippen LogP contribution in [0.3, 0.4) is 0 Å². The Morgan fingerprint density at radius 1 is 1.30 bits per heavy atom. The predicted molar refractivity (Wildman–Crippen MR) is 36.4 cm³/mol. The van der Waals surface area contributed by atoms with Gasteiger partial charge < -0.3 is 15.4 Å². The van der Waals surface area contributed by atoms with Crippen molar-refractivity contribution < 1.29 is 15.4 Å². The molecule has 0 aliphatic rings. The molecule has 0 fully saturated rings. The first-order valence-corrected chi connectivity index (χ1v) is 3.33. The van der Waals surface area contributed by atoms with Crippen LogP contribution >= 0.6 is 0 Å². The van der Waals surface area contributed by atoms with Gasteiger partial charge in [0, 0.05) is 6.42 Å². The minimum absolute atomic E-state index is 0.1000. The molecule has 4 heteroatoms. The lowest BCUT2D eigenvalue weighted by molar-refractivity contribution is -0.0349. The summed E-state index contributed by atoms with van der Waals surface area (Å²) >= 11 is 0. The molecule has 62 valence electrons. The minimum atomic E-state index is -1.03. The molecule has 4 N–H and O–H groups in total. The number of aliphatic hydroxyl groups is 2. The molecule has 0 radical (unpaired) electrons. The highest BCUT2D eigenvalue weighted by Crippen LogP contribution is 2.06. The second-order valence-electron chi connectivity index (χ2n) is 2.69. The fourth-order valence-electron chi connectivity index (χ4n) is 0.554. The molecule has 0 spiro atoms. The van der Waals surface area contributed by atoms with Crippen molar-refractivity contribution >= 4 is 0 Å². The van der Waals surface area contributed by atoms with E-state index in [1.54, 1.807) is 5.48 Å². The van der Waals surface area contributed by atoms with Crippen LogP contribution in [-0.4, -0.2) is 27.8 Å². The molecule has 0 aromatic carbocycles. The van der Waals surface area contributed by atoms with Crippen LogP contribution in [0.1, 0.15) is 20.3 Å². The average molecular weight is 149 g/mol. The summed E-state index contributed by atoms with van der Waals surface area (Å²) in [6.45, 7) is 3.68. The van der Waals surface area contributed by atoms with E-state index >= 15 is 0 Å². The van der Waals surface area contributed by atoms with Crippen LogP contribution in [0.4, 0.5) is 0 Å². The predicted octanol–water partition coefficient (Wildman–Crippen LogP) is -0.309. The van der Waals surface area contributed by atoms with Crippen LogP contribution in [0.15, 0.2) is 0 Å². The van der Waals surface area contributed by atoms with Crippen molar-refractivity contribution in [2.75, 3.05) is 0 Å². The molecule has 0 aliphatic heterocycles. The Hall–Kier alpha value is -0.160. The molecule has 0 saturated heterocycles. The smallest absolute Gasteiger partial charge is 0.129 e. The number of rotatable bonds is 4. The fourth-order valence-corrected chi connectivity index (χ4v) is 0.554. The van der Waals surface area contributed by atoms with E-state index in [1.165, 1.54) is 0 Å². The zero-order valence-corrected chi connectivity index (χ0v) is 6.28. The normalized spacial score (nSPS) is 17.4. The van der Waals surface area contributed by atoms with E-state index in [-0.39, 0.29) is 12.3 Å². The van der Waals surface area contributed by atoms with Crippen molar-refractivity contribution in [1.29, 1.82) is 0 Å². The number of hydrogen-bond donors (Lipinski definition) is 4. The Kier molecular flexibility index (Phi) is 4.55. The van der Waals surface area contributed by atoms with Crippen molar-refractivity contribution in [3.8, 4) is 0 Å². The van der Waals surface area contributed by atoms with Crippen molar-refractivity contribution in [3.63, 3.8) is 0 Å². The van der Waals surface area contributed by atoms with Gasteiger partial charge in [0.05, 0.1) is 6.10 Å². The van der Waals surface area contributed by atoms with Crippen LogP contribution in [0.5, 0.6) is 0 Å². The lowest BCUT2D eigenvalue weighted by Crippen LogP contribution is -2.31. The number of aliphatic hydroxyl groups excluding tert-OH is 2. The van der Waals surface area contributed by atoms with Crippen molar-refractivity contribution in [1.82, 2.24) is 5.48 Å². The van der Waals surface area contributed by atoms with Crippen LogP contribution in [0.2, 0.25) is 0 Å². The van der Waals surface area contributed by atoms with Gasteiger partial charge in [-0.3, -0.25) is 0 Å². The van der Waals surface area contributed by atoms with Gasteiger partial charge in [-0.2, -0.15) is 5.48 Å². The topological polar surface area (TPSA) is 72.7 Å². The Balaban J connectivity index is 3.46. The summed E-state index contributed by atoms with van der Waals surface area (Å²) in [6.07, 6.45) is -1.46. The van der Waals surface area contributed by atoms with Gasteiger partial charge in [0.2, 0.25) is 0 Å². The highest BCUT2D eigenvalue weighted by Gasteiger charge is 2.13. The second-order valence-corrected chi connectivity index (χ2v) is 2.69. The van der Waals surface area contributed by atoms with E-state index in [0.717, 1.165) is 0 Å². The molecule has 0 aromatic rings. The average Bonchev–Trinajstić information content (AvgIpc) is 1.87. The van der Waals surface area contributed by atoms with Gasteiger partial charge in [0.25, 0.3) is 0 Å². The van der Waals surface area contributed by atoms with Gasteiger partial charge in [-0.15, -0.1) is 0 Å². The zero-order chi connectivity index (χ0) is 8.15. The monoisotopic (exact) mass is 149 g/mol. The summed E-state index contributed by atoms with van der Waals surface area (Å²) in [6, 6.07) is 0.